The quantitative estimate of drug-likeness (QED) is 0.440. The van der Waals surface area contributed by atoms with Crippen LogP contribution >= 0.6 is 0 Å². The van der Waals surface area contributed by atoms with E-state index in [1.165, 1.54) is 9.26 Å². The Labute approximate surface area is 79.8 Å². The second kappa shape index (κ2) is 4.96. The maximum absolute atomic E-state index is 5.46. The maximum atomic E-state index is 5.46. The van der Waals surface area contributed by atoms with Crippen LogP contribution in [0.4, 0.5) is 0 Å². The molecular weight excluding hydrogens is 158 g/mol. The summed E-state index contributed by atoms with van der Waals surface area (Å²) in [5.41, 5.74) is 6.70. The van der Waals surface area contributed by atoms with Crippen LogP contribution in [0, 0.1) is 0 Å². The van der Waals surface area contributed by atoms with Crippen molar-refractivity contribution in [3.05, 3.63) is 29.8 Å². The van der Waals surface area contributed by atoms with Crippen LogP contribution < -0.4 is 21.8 Å². The molecule has 0 saturated carbocycles. The molecule has 0 radical (unpaired) electrons. The Kier molecular flexibility index (Phi) is 5.08. The molecule has 0 spiro atoms. The fraction of sp³-hybridized carbons (Fsp3) is 0.143. The van der Waals surface area contributed by atoms with E-state index in [9.17, 15) is 0 Å². The summed E-state index contributed by atoms with van der Waals surface area (Å²) in [5.74, 6) is 0. The van der Waals surface area contributed by atoms with Gasteiger partial charge in [0.2, 0.25) is 0 Å². The van der Waals surface area contributed by atoms with Gasteiger partial charge < -0.3 is 12.4 Å². The molecule has 0 atom stereocenters. The van der Waals surface area contributed by atoms with E-state index in [1.807, 2.05) is 33.8 Å². The van der Waals surface area contributed by atoms with Crippen molar-refractivity contribution in [2.75, 3.05) is 0 Å². The van der Waals surface area contributed by atoms with E-state index in [2.05, 4.69) is 12.1 Å². The number of halogens is 1. The summed E-state index contributed by atoms with van der Waals surface area (Å²) in [4.78, 5) is 0. The Bertz CT molecular complexity index is 203. The molecule has 0 aliphatic rings. The summed E-state index contributed by atoms with van der Waals surface area (Å²) in [6, 6.07) is 8.18. The molecule has 0 bridgehead atoms. The van der Waals surface area contributed by atoms with Gasteiger partial charge in [0, 0.05) is 0 Å². The molecule has 1 rings (SSSR count). The van der Waals surface area contributed by atoms with Crippen LogP contribution in [0.5, 0.6) is 0 Å². The van der Waals surface area contributed by atoms with Gasteiger partial charge in [-0.05, 0) is 0 Å². The Morgan fingerprint density at radius 3 is 2.30 bits per heavy atom. The monoisotopic (exact) mass is 165 g/mol. The molecule has 0 unspecified atom stereocenters. The number of benzene rings is 1. The van der Waals surface area contributed by atoms with Gasteiger partial charge in [-0.2, -0.15) is 0 Å². The summed E-state index contributed by atoms with van der Waals surface area (Å²) >= 11 is 1.88. The molecule has 0 amide bonds. The Morgan fingerprint density at radius 2 is 1.90 bits per heavy atom. The van der Waals surface area contributed by atoms with Crippen LogP contribution in [0.3, 0.4) is 0 Å². The zero-order valence-corrected chi connectivity index (χ0v) is 7.85. The molecule has 2 N–H and O–H groups in total. The Hall–Kier alpha value is 0.236. The SMILES string of the molecule is NCc1cccc[c]1[Mg+].[Cl-]. The predicted molar refractivity (Wildman–Crippen MR) is 39.7 cm³/mol. The number of nitrogens with two attached hydrogens (primary N) is 1. The smallest absolute Gasteiger partial charge is 1.00 e. The number of hydrogen-bond acceptors (Lipinski definition) is 1. The van der Waals surface area contributed by atoms with Crippen LogP contribution in [-0.2, 0) is 6.54 Å². The van der Waals surface area contributed by atoms with Crippen molar-refractivity contribution >= 4 is 25.4 Å². The summed E-state index contributed by atoms with van der Waals surface area (Å²) in [5, 5.41) is 0. The van der Waals surface area contributed by atoms with E-state index in [0.717, 1.165) is 0 Å². The number of hydrogen-bond donors (Lipinski definition) is 1. The maximum Gasteiger partial charge on any atom is -1.00 e. The molecule has 1 aromatic carbocycles. The van der Waals surface area contributed by atoms with E-state index in [0.29, 0.717) is 6.54 Å². The van der Waals surface area contributed by atoms with Crippen molar-refractivity contribution in [3.8, 4) is 0 Å². The molecule has 0 heterocycles. The molecule has 0 saturated heterocycles. The zero-order valence-electron chi connectivity index (χ0n) is 5.68. The zero-order chi connectivity index (χ0) is 6.69. The van der Waals surface area contributed by atoms with E-state index in [1.54, 1.807) is 0 Å². The fourth-order valence-electron chi connectivity index (χ4n) is 0.757. The third-order valence-corrected chi connectivity index (χ3v) is 2.03. The first-order valence-corrected chi connectivity index (χ1v) is 3.65. The average Bonchev–Trinajstić information content (AvgIpc) is 1.89. The van der Waals surface area contributed by atoms with Gasteiger partial charge in [-0.15, -0.1) is 0 Å². The molecule has 0 aliphatic heterocycles. The summed E-state index contributed by atoms with van der Waals surface area (Å²) in [7, 11) is 0. The second-order valence-electron chi connectivity index (χ2n) is 1.97. The number of rotatable bonds is 1. The molecule has 50 valence electrons. The van der Waals surface area contributed by atoms with Crippen molar-refractivity contribution in [3.63, 3.8) is 0 Å². The molecule has 10 heavy (non-hydrogen) atoms. The Balaban J connectivity index is 0.000000810. The predicted octanol–water partition coefficient (Wildman–Crippen LogP) is -3.06. The van der Waals surface area contributed by atoms with Gasteiger partial charge >= 0.3 is 67.5 Å². The van der Waals surface area contributed by atoms with E-state index in [4.69, 9.17) is 5.73 Å². The molecule has 1 nitrogen and oxygen atoms in total. The van der Waals surface area contributed by atoms with Crippen molar-refractivity contribution in [2.45, 2.75) is 6.54 Å². The average molecular weight is 166 g/mol. The first-order valence-electron chi connectivity index (χ1n) is 2.94. The summed E-state index contributed by atoms with van der Waals surface area (Å²) in [6.07, 6.45) is 0. The standard InChI is InChI=1S/C7H8N.ClH.Mg/c8-6-7-4-2-1-3-5-7;;/h1-4H,6,8H2;1H;/q;;+1/p-1. The van der Waals surface area contributed by atoms with E-state index < -0.39 is 0 Å². The minimum Gasteiger partial charge on any atom is -1.00 e. The van der Waals surface area contributed by atoms with Crippen LogP contribution in [-0.4, -0.2) is 21.7 Å². The first kappa shape index (κ1) is 10.2. The molecule has 3 heteroatoms. The summed E-state index contributed by atoms with van der Waals surface area (Å²) in [6.45, 7) is 0.652. The fourth-order valence-corrected chi connectivity index (χ4v) is 1.15. The van der Waals surface area contributed by atoms with Gasteiger partial charge in [-0.1, -0.05) is 0 Å². The van der Waals surface area contributed by atoms with Gasteiger partial charge in [-0.3, -0.25) is 0 Å². The van der Waals surface area contributed by atoms with Crippen molar-refractivity contribution in [1.29, 1.82) is 0 Å². The van der Waals surface area contributed by atoms with Crippen molar-refractivity contribution < 1.29 is 12.4 Å². The van der Waals surface area contributed by atoms with E-state index in [-0.39, 0.29) is 12.4 Å². The normalized spacial score (nSPS) is 8.70. The topological polar surface area (TPSA) is 26.0 Å². The largest absolute Gasteiger partial charge is 1.00 e. The van der Waals surface area contributed by atoms with Gasteiger partial charge in [0.1, 0.15) is 0 Å². The van der Waals surface area contributed by atoms with Gasteiger partial charge in [0.05, 0.1) is 0 Å². The molecule has 0 aliphatic carbocycles. The van der Waals surface area contributed by atoms with Gasteiger partial charge in [0.25, 0.3) is 0 Å². The second-order valence-corrected chi connectivity index (χ2v) is 2.73. The minimum atomic E-state index is 0. The van der Waals surface area contributed by atoms with Crippen LogP contribution in [0.1, 0.15) is 5.56 Å². The summed E-state index contributed by atoms with van der Waals surface area (Å²) < 4.78 is 1.31. The molecule has 1 aromatic rings. The van der Waals surface area contributed by atoms with Crippen LogP contribution in [0.2, 0.25) is 0 Å². The molecule has 0 aromatic heterocycles. The van der Waals surface area contributed by atoms with E-state index >= 15 is 0 Å². The molecular formula is C7H8ClMgN. The Morgan fingerprint density at radius 1 is 1.30 bits per heavy atom. The van der Waals surface area contributed by atoms with Crippen molar-refractivity contribution in [2.24, 2.45) is 5.73 Å². The first-order chi connectivity index (χ1) is 4.34. The third-order valence-electron chi connectivity index (χ3n) is 1.34. The van der Waals surface area contributed by atoms with Gasteiger partial charge in [-0.25, -0.2) is 0 Å². The van der Waals surface area contributed by atoms with Crippen LogP contribution in [0.15, 0.2) is 24.3 Å². The van der Waals surface area contributed by atoms with Crippen molar-refractivity contribution in [1.82, 2.24) is 0 Å². The molecule has 0 fully saturated rings. The van der Waals surface area contributed by atoms with Gasteiger partial charge in [0.15, 0.2) is 0 Å². The third kappa shape index (κ3) is 2.46. The van der Waals surface area contributed by atoms with Crippen LogP contribution in [0.25, 0.3) is 0 Å². The minimum absolute atomic E-state index is 0.